The Bertz CT molecular complexity index is 875. The van der Waals surface area contributed by atoms with E-state index in [2.05, 4.69) is 4.72 Å². The van der Waals surface area contributed by atoms with Crippen molar-refractivity contribution in [2.24, 2.45) is 0 Å². The Labute approximate surface area is 149 Å². The molecule has 1 aromatic heterocycles. The molecule has 1 aromatic carbocycles. The molecule has 0 saturated heterocycles. The fourth-order valence-electron chi connectivity index (χ4n) is 2.41. The Morgan fingerprint density at radius 1 is 1.36 bits per heavy atom. The highest BCUT2D eigenvalue weighted by atomic mass is 32.2. The molecule has 134 valence electrons. The average molecular weight is 383 g/mol. The molecule has 0 saturated carbocycles. The molecule has 1 aliphatic heterocycles. The summed E-state index contributed by atoms with van der Waals surface area (Å²) in [6, 6.07) is 4.77. The van der Waals surface area contributed by atoms with E-state index in [1.54, 1.807) is 23.6 Å². The second-order valence-corrected chi connectivity index (χ2v) is 7.88. The quantitative estimate of drug-likeness (QED) is 0.795. The van der Waals surface area contributed by atoms with E-state index in [0.29, 0.717) is 30.3 Å². The van der Waals surface area contributed by atoms with Gasteiger partial charge in [-0.1, -0.05) is 18.2 Å². The lowest BCUT2D eigenvalue weighted by Crippen LogP contribution is -2.19. The van der Waals surface area contributed by atoms with E-state index in [1.807, 2.05) is 0 Å². The molecule has 7 nitrogen and oxygen atoms in total. The maximum Gasteiger partial charge on any atom is 0.271 e. The number of fused-ring (bicyclic) bond motifs is 1. The number of hydrogen-bond acceptors (Lipinski definition) is 7. The van der Waals surface area contributed by atoms with E-state index < -0.39 is 10.0 Å². The number of methoxy groups -OCH3 is 1. The molecule has 2 N–H and O–H groups in total. The molecule has 0 fully saturated rings. The van der Waals surface area contributed by atoms with Crippen molar-refractivity contribution in [3.63, 3.8) is 0 Å². The van der Waals surface area contributed by atoms with Crippen molar-refractivity contribution in [3.05, 3.63) is 35.2 Å². The van der Waals surface area contributed by atoms with E-state index in [9.17, 15) is 8.42 Å². The van der Waals surface area contributed by atoms with Crippen molar-refractivity contribution in [1.82, 2.24) is 0 Å². The molecule has 0 bridgehead atoms. The summed E-state index contributed by atoms with van der Waals surface area (Å²) in [5.74, 6) is 1.03. The van der Waals surface area contributed by atoms with Gasteiger partial charge < -0.3 is 19.3 Å². The fraction of sp³-hybridized carbons (Fsp3) is 0.250. The van der Waals surface area contributed by atoms with Crippen LogP contribution in [0.2, 0.25) is 0 Å². The molecule has 0 unspecified atom stereocenters. The predicted molar refractivity (Wildman–Crippen MR) is 95.2 cm³/mol. The number of ether oxygens (including phenoxy) is 3. The van der Waals surface area contributed by atoms with Gasteiger partial charge in [-0.05, 0) is 17.5 Å². The third-order valence-electron chi connectivity index (χ3n) is 3.41. The Balaban J connectivity index is 2.11. The highest BCUT2D eigenvalue weighted by Crippen LogP contribution is 2.48. The molecule has 0 amide bonds. The summed E-state index contributed by atoms with van der Waals surface area (Å²) < 4.78 is 44.5. The molecule has 0 spiro atoms. The van der Waals surface area contributed by atoms with Crippen molar-refractivity contribution in [3.8, 4) is 17.2 Å². The smallest absolute Gasteiger partial charge is 0.271 e. The van der Waals surface area contributed by atoms with Crippen LogP contribution in [-0.4, -0.2) is 40.5 Å². The molecule has 0 aliphatic carbocycles. The van der Waals surface area contributed by atoms with Crippen LogP contribution < -0.4 is 18.9 Å². The van der Waals surface area contributed by atoms with E-state index in [4.69, 9.17) is 19.3 Å². The first kappa shape index (κ1) is 17.6. The van der Waals surface area contributed by atoms with E-state index >= 15 is 0 Å². The van der Waals surface area contributed by atoms with E-state index in [0.717, 1.165) is 11.3 Å². The molecular weight excluding hydrogens is 366 g/mol. The number of aliphatic hydroxyl groups excluding tert-OH is 1. The number of benzene rings is 1. The summed E-state index contributed by atoms with van der Waals surface area (Å²) in [6.07, 6.45) is 3.14. The summed E-state index contributed by atoms with van der Waals surface area (Å²) >= 11 is 1.12. The van der Waals surface area contributed by atoms with Gasteiger partial charge in [-0.2, -0.15) is 0 Å². The van der Waals surface area contributed by atoms with Crippen LogP contribution in [0, 0.1) is 0 Å². The lowest BCUT2D eigenvalue weighted by molar-refractivity contribution is 0.166. The Morgan fingerprint density at radius 3 is 2.76 bits per heavy atom. The number of thiophene rings is 1. The van der Waals surface area contributed by atoms with Gasteiger partial charge in [0.25, 0.3) is 10.0 Å². The van der Waals surface area contributed by atoms with Gasteiger partial charge in [-0.15, -0.1) is 11.3 Å². The van der Waals surface area contributed by atoms with Crippen LogP contribution in [0.1, 0.15) is 5.56 Å². The van der Waals surface area contributed by atoms with Crippen LogP contribution in [0.25, 0.3) is 6.08 Å². The van der Waals surface area contributed by atoms with E-state index in [-0.39, 0.29) is 22.3 Å². The van der Waals surface area contributed by atoms with Crippen LogP contribution >= 0.6 is 11.3 Å². The largest absolute Gasteiger partial charge is 0.492 e. The third-order valence-corrected chi connectivity index (χ3v) is 6.17. The van der Waals surface area contributed by atoms with Gasteiger partial charge >= 0.3 is 0 Å². The SMILES string of the molecule is COc1c(/C=C/CO)cc(NS(=O)(=O)c2cccs2)c2c1OCCO2. The van der Waals surface area contributed by atoms with Crippen LogP contribution in [-0.2, 0) is 10.0 Å². The predicted octanol–water partition coefficient (Wildman–Crippen LogP) is 2.33. The lowest BCUT2D eigenvalue weighted by Gasteiger charge is -2.24. The molecule has 0 radical (unpaired) electrons. The summed E-state index contributed by atoms with van der Waals surface area (Å²) in [6.45, 7) is 0.469. The number of hydrogen-bond donors (Lipinski definition) is 2. The van der Waals surface area contributed by atoms with Crippen molar-refractivity contribution in [2.75, 3.05) is 31.7 Å². The van der Waals surface area contributed by atoms with Gasteiger partial charge in [0.05, 0.1) is 19.4 Å². The fourth-order valence-corrected chi connectivity index (χ4v) is 4.45. The number of aliphatic hydroxyl groups is 1. The molecule has 2 aromatic rings. The van der Waals surface area contributed by atoms with Gasteiger partial charge in [-0.25, -0.2) is 8.42 Å². The monoisotopic (exact) mass is 383 g/mol. The summed E-state index contributed by atoms with van der Waals surface area (Å²) in [4.78, 5) is 0. The lowest BCUT2D eigenvalue weighted by atomic mass is 10.1. The minimum atomic E-state index is -3.74. The van der Waals surface area contributed by atoms with Crippen LogP contribution in [0.3, 0.4) is 0 Å². The minimum Gasteiger partial charge on any atom is -0.492 e. The second kappa shape index (κ2) is 7.34. The molecule has 9 heteroatoms. The molecule has 2 heterocycles. The molecule has 1 aliphatic rings. The first-order valence-electron chi connectivity index (χ1n) is 7.41. The van der Waals surface area contributed by atoms with Crippen molar-refractivity contribution >= 4 is 33.1 Å². The highest BCUT2D eigenvalue weighted by Gasteiger charge is 2.27. The zero-order valence-corrected chi connectivity index (χ0v) is 15.0. The minimum absolute atomic E-state index is 0.159. The Morgan fingerprint density at radius 2 is 2.12 bits per heavy atom. The second-order valence-electron chi connectivity index (χ2n) is 5.02. The standard InChI is InChI=1S/C16H17NO6S2/c1-21-14-11(4-2-6-18)10-12(15-16(14)23-8-7-22-15)17-25(19,20)13-5-3-9-24-13/h2-5,9-10,17-18H,6-8H2,1H3/b4-2+. The molecule has 25 heavy (non-hydrogen) atoms. The zero-order chi connectivity index (χ0) is 17.9. The normalized spacial score (nSPS) is 13.8. The Hall–Kier alpha value is -2.23. The third kappa shape index (κ3) is 3.58. The van der Waals surface area contributed by atoms with Gasteiger partial charge in [0.1, 0.15) is 17.4 Å². The molecule has 3 rings (SSSR count). The van der Waals surface area contributed by atoms with Gasteiger partial charge in [0.2, 0.25) is 5.75 Å². The average Bonchev–Trinajstić information content (AvgIpc) is 3.15. The number of rotatable bonds is 6. The van der Waals surface area contributed by atoms with E-state index in [1.165, 1.54) is 19.3 Å². The molecular formula is C16H17NO6S2. The number of nitrogens with one attached hydrogen (secondary N) is 1. The van der Waals surface area contributed by atoms with Crippen LogP contribution in [0.4, 0.5) is 5.69 Å². The summed E-state index contributed by atoms with van der Waals surface area (Å²) in [7, 11) is -2.26. The number of sulfonamides is 1. The van der Waals surface area contributed by atoms with Crippen LogP contribution in [0.15, 0.2) is 33.9 Å². The van der Waals surface area contributed by atoms with Crippen molar-refractivity contribution < 1.29 is 27.7 Å². The van der Waals surface area contributed by atoms with Gasteiger partial charge in [-0.3, -0.25) is 4.72 Å². The van der Waals surface area contributed by atoms with Gasteiger partial charge in [0.15, 0.2) is 11.5 Å². The van der Waals surface area contributed by atoms with Crippen molar-refractivity contribution in [2.45, 2.75) is 4.21 Å². The summed E-state index contributed by atoms with van der Waals surface area (Å²) in [5, 5.41) is 10.7. The van der Waals surface area contributed by atoms with Crippen molar-refractivity contribution in [1.29, 1.82) is 0 Å². The van der Waals surface area contributed by atoms with Gasteiger partial charge in [0, 0.05) is 5.56 Å². The molecule has 0 atom stereocenters. The zero-order valence-electron chi connectivity index (χ0n) is 13.4. The topological polar surface area (TPSA) is 94.1 Å². The van der Waals surface area contributed by atoms with Crippen LogP contribution in [0.5, 0.6) is 17.2 Å². The summed E-state index contributed by atoms with van der Waals surface area (Å²) in [5.41, 5.74) is 0.811. The maximum atomic E-state index is 12.5. The first-order chi connectivity index (χ1) is 12.1. The Kier molecular flexibility index (Phi) is 5.16. The number of anilines is 1. The first-order valence-corrected chi connectivity index (χ1v) is 9.77. The highest BCUT2D eigenvalue weighted by molar-refractivity contribution is 7.94. The maximum absolute atomic E-state index is 12.5.